The first-order valence-electron chi connectivity index (χ1n) is 5.27. The van der Waals surface area contributed by atoms with Crippen LogP contribution in [0.2, 0.25) is 0 Å². The van der Waals surface area contributed by atoms with Crippen molar-refractivity contribution in [3.8, 4) is 6.07 Å². The van der Waals surface area contributed by atoms with Gasteiger partial charge in [0, 0.05) is 25.7 Å². The van der Waals surface area contributed by atoms with E-state index in [-0.39, 0.29) is 5.56 Å². The quantitative estimate of drug-likeness (QED) is 0.596. The zero-order chi connectivity index (χ0) is 12.8. The second kappa shape index (κ2) is 5.75. The predicted octanol–water partition coefficient (Wildman–Crippen LogP) is 1.71. The van der Waals surface area contributed by atoms with E-state index < -0.39 is 5.97 Å². The zero-order valence-corrected chi connectivity index (χ0v) is 9.68. The Bertz CT molecular complexity index is 452. The van der Waals surface area contributed by atoms with E-state index in [1.165, 1.54) is 6.07 Å². The summed E-state index contributed by atoms with van der Waals surface area (Å²) in [6.07, 6.45) is 1.16. The van der Waals surface area contributed by atoms with Gasteiger partial charge in [-0.3, -0.25) is 0 Å². The smallest absolute Gasteiger partial charge is 0.337 e. The van der Waals surface area contributed by atoms with Gasteiger partial charge in [-0.15, -0.1) is 0 Å². The minimum absolute atomic E-state index is 0.185. The molecule has 0 fully saturated rings. The summed E-state index contributed by atoms with van der Waals surface area (Å²) in [5.41, 5.74) is 6.79. The third kappa shape index (κ3) is 3.38. The Morgan fingerprint density at radius 2 is 2.29 bits per heavy atom. The van der Waals surface area contributed by atoms with Crippen molar-refractivity contribution < 1.29 is 9.90 Å². The fourth-order valence-electron chi connectivity index (χ4n) is 1.57. The van der Waals surface area contributed by atoms with Crippen LogP contribution in [0.15, 0.2) is 18.2 Å². The average molecular weight is 233 g/mol. The van der Waals surface area contributed by atoms with Gasteiger partial charge in [0.1, 0.15) is 0 Å². The summed E-state index contributed by atoms with van der Waals surface area (Å²) >= 11 is 0. The lowest BCUT2D eigenvalue weighted by Gasteiger charge is -2.20. The topological polar surface area (TPSA) is 90.4 Å². The van der Waals surface area contributed by atoms with Crippen molar-refractivity contribution in [2.24, 2.45) is 0 Å². The molecule has 0 unspecified atom stereocenters. The molecule has 1 rings (SSSR count). The number of rotatable bonds is 5. The summed E-state index contributed by atoms with van der Waals surface area (Å²) in [6.45, 7) is 0.637. The first kappa shape index (κ1) is 12.8. The predicted molar refractivity (Wildman–Crippen MR) is 65.9 cm³/mol. The maximum atomic E-state index is 11.1. The van der Waals surface area contributed by atoms with E-state index in [4.69, 9.17) is 16.1 Å². The second-order valence-electron chi connectivity index (χ2n) is 3.76. The van der Waals surface area contributed by atoms with Gasteiger partial charge in [0.2, 0.25) is 0 Å². The number of hydrogen-bond acceptors (Lipinski definition) is 4. The number of nitrogen functional groups attached to an aromatic ring is 1. The first-order chi connectivity index (χ1) is 8.06. The Morgan fingerprint density at radius 1 is 1.59 bits per heavy atom. The number of aromatic carboxylic acids is 1. The summed E-state index contributed by atoms with van der Waals surface area (Å²) < 4.78 is 0. The molecule has 1 aromatic carbocycles. The van der Waals surface area contributed by atoms with Gasteiger partial charge in [-0.2, -0.15) is 5.26 Å². The van der Waals surface area contributed by atoms with Crippen molar-refractivity contribution in [1.82, 2.24) is 0 Å². The van der Waals surface area contributed by atoms with E-state index in [9.17, 15) is 4.79 Å². The van der Waals surface area contributed by atoms with Gasteiger partial charge in [0.15, 0.2) is 0 Å². The monoisotopic (exact) mass is 233 g/mol. The van der Waals surface area contributed by atoms with Crippen LogP contribution >= 0.6 is 0 Å². The lowest BCUT2D eigenvalue weighted by atomic mass is 10.1. The Kier molecular flexibility index (Phi) is 4.35. The van der Waals surface area contributed by atoms with E-state index in [0.717, 1.165) is 0 Å². The second-order valence-corrected chi connectivity index (χ2v) is 3.76. The molecule has 0 amide bonds. The van der Waals surface area contributed by atoms with Crippen LogP contribution in [0.25, 0.3) is 0 Å². The van der Waals surface area contributed by atoms with Gasteiger partial charge in [-0.25, -0.2) is 4.79 Å². The lowest BCUT2D eigenvalue weighted by molar-refractivity contribution is 0.0697. The Balaban J connectivity index is 2.89. The van der Waals surface area contributed by atoms with Crippen LogP contribution < -0.4 is 10.6 Å². The Hall–Kier alpha value is -2.22. The van der Waals surface area contributed by atoms with E-state index in [2.05, 4.69) is 6.07 Å². The van der Waals surface area contributed by atoms with Crippen LogP contribution in [-0.2, 0) is 0 Å². The minimum Gasteiger partial charge on any atom is -0.478 e. The molecule has 3 N–H and O–H groups in total. The third-order valence-electron chi connectivity index (χ3n) is 2.44. The molecule has 0 atom stereocenters. The number of carboxylic acid groups (broad SMARTS) is 1. The molecule has 1 aromatic rings. The summed E-state index contributed by atoms with van der Waals surface area (Å²) in [5, 5.41) is 17.5. The standard InChI is InChI=1S/C12H15N3O2/c1-15(7-3-2-6-13)11-5-4-9(14)8-10(11)12(16)17/h4-5,8H,2-3,7,14H2,1H3,(H,16,17). The highest BCUT2D eigenvalue weighted by molar-refractivity contribution is 5.95. The number of nitrogens with two attached hydrogens (primary N) is 1. The molecule has 5 heteroatoms. The van der Waals surface area contributed by atoms with E-state index in [1.54, 1.807) is 19.2 Å². The molecule has 5 nitrogen and oxygen atoms in total. The normalized spacial score (nSPS) is 9.65. The van der Waals surface area contributed by atoms with Crippen molar-refractivity contribution in [2.45, 2.75) is 12.8 Å². The number of nitrogens with zero attached hydrogens (tertiary/aromatic N) is 2. The molecule has 0 aliphatic heterocycles. The fourth-order valence-corrected chi connectivity index (χ4v) is 1.57. The molecular formula is C12H15N3O2. The molecule has 0 saturated heterocycles. The van der Waals surface area contributed by atoms with Crippen molar-refractivity contribution in [3.63, 3.8) is 0 Å². The highest BCUT2D eigenvalue weighted by Gasteiger charge is 2.13. The molecule has 0 spiro atoms. The van der Waals surface area contributed by atoms with Gasteiger partial charge < -0.3 is 15.7 Å². The van der Waals surface area contributed by atoms with Crippen LogP contribution in [0, 0.1) is 11.3 Å². The summed E-state index contributed by atoms with van der Waals surface area (Å²) in [5.74, 6) is -1.00. The van der Waals surface area contributed by atoms with Crippen LogP contribution in [-0.4, -0.2) is 24.7 Å². The van der Waals surface area contributed by atoms with Gasteiger partial charge in [0.25, 0.3) is 0 Å². The number of nitriles is 1. The van der Waals surface area contributed by atoms with Crippen LogP contribution in [0.4, 0.5) is 11.4 Å². The SMILES string of the molecule is CN(CCCC#N)c1ccc(N)cc1C(=O)O. The lowest BCUT2D eigenvalue weighted by Crippen LogP contribution is -2.21. The van der Waals surface area contributed by atoms with Crippen molar-refractivity contribution >= 4 is 17.3 Å². The van der Waals surface area contributed by atoms with Crippen molar-refractivity contribution in [1.29, 1.82) is 5.26 Å². The van der Waals surface area contributed by atoms with E-state index in [0.29, 0.717) is 30.8 Å². The van der Waals surface area contributed by atoms with Gasteiger partial charge in [-0.1, -0.05) is 0 Å². The largest absolute Gasteiger partial charge is 0.478 e. The number of unbranched alkanes of at least 4 members (excludes halogenated alkanes) is 1. The third-order valence-corrected chi connectivity index (χ3v) is 2.44. The highest BCUT2D eigenvalue weighted by atomic mass is 16.4. The van der Waals surface area contributed by atoms with E-state index in [1.807, 2.05) is 4.90 Å². The van der Waals surface area contributed by atoms with E-state index >= 15 is 0 Å². The number of benzene rings is 1. The molecule has 0 radical (unpaired) electrons. The molecule has 0 bridgehead atoms. The van der Waals surface area contributed by atoms with Crippen LogP contribution in [0.5, 0.6) is 0 Å². The maximum Gasteiger partial charge on any atom is 0.337 e. The number of carbonyl (C=O) groups is 1. The molecule has 90 valence electrons. The minimum atomic E-state index is -1.00. The van der Waals surface area contributed by atoms with Crippen molar-refractivity contribution in [2.75, 3.05) is 24.2 Å². The van der Waals surface area contributed by atoms with Gasteiger partial charge >= 0.3 is 5.97 Å². The maximum absolute atomic E-state index is 11.1. The molecular weight excluding hydrogens is 218 g/mol. The summed E-state index contributed by atoms with van der Waals surface area (Å²) in [6, 6.07) is 6.86. The molecule has 0 aliphatic rings. The van der Waals surface area contributed by atoms with Crippen LogP contribution in [0.1, 0.15) is 23.2 Å². The number of anilines is 2. The number of carboxylic acids is 1. The fraction of sp³-hybridized carbons (Fsp3) is 0.333. The molecule has 0 heterocycles. The van der Waals surface area contributed by atoms with Gasteiger partial charge in [0.05, 0.1) is 17.3 Å². The molecule has 0 aromatic heterocycles. The first-order valence-corrected chi connectivity index (χ1v) is 5.27. The molecule has 0 aliphatic carbocycles. The highest BCUT2D eigenvalue weighted by Crippen LogP contribution is 2.22. The zero-order valence-electron chi connectivity index (χ0n) is 9.68. The Morgan fingerprint density at radius 3 is 2.88 bits per heavy atom. The number of hydrogen-bond donors (Lipinski definition) is 2. The molecule has 17 heavy (non-hydrogen) atoms. The summed E-state index contributed by atoms with van der Waals surface area (Å²) in [7, 11) is 1.80. The van der Waals surface area contributed by atoms with Crippen molar-refractivity contribution in [3.05, 3.63) is 23.8 Å². The molecule has 0 saturated carbocycles. The summed E-state index contributed by atoms with van der Waals surface area (Å²) in [4.78, 5) is 12.9. The van der Waals surface area contributed by atoms with Gasteiger partial charge in [-0.05, 0) is 24.6 Å². The average Bonchev–Trinajstić information content (AvgIpc) is 2.29. The Labute approximate surface area is 100 Å². The van der Waals surface area contributed by atoms with Crippen LogP contribution in [0.3, 0.4) is 0 Å².